The maximum atomic E-state index is 12.8. The van der Waals surface area contributed by atoms with Crippen molar-refractivity contribution >= 4 is 34.9 Å². The summed E-state index contributed by atoms with van der Waals surface area (Å²) in [6, 6.07) is 5.81. The Morgan fingerprint density at radius 2 is 1.94 bits per heavy atom. The zero-order chi connectivity index (χ0) is 21.8. The normalized spacial score (nSPS) is 33.4. The van der Waals surface area contributed by atoms with Gasteiger partial charge < -0.3 is 9.64 Å². The largest absolute Gasteiger partial charge is 0.461 e. The van der Waals surface area contributed by atoms with Crippen molar-refractivity contribution in [2.75, 3.05) is 37.6 Å². The molecule has 2 aliphatic heterocycles. The molecule has 2 heterocycles. The van der Waals surface area contributed by atoms with Crippen molar-refractivity contribution in [3.63, 3.8) is 0 Å². The van der Waals surface area contributed by atoms with Gasteiger partial charge in [0, 0.05) is 44.3 Å². The fraction of sp³-hybridized carbons (Fsp3) is 0.560. The smallest absolute Gasteiger partial charge is 0.311 e. The highest BCUT2D eigenvalue weighted by Gasteiger charge is 2.51. The predicted molar refractivity (Wildman–Crippen MR) is 126 cm³/mol. The third-order valence-electron chi connectivity index (χ3n) is 7.79. The van der Waals surface area contributed by atoms with Crippen LogP contribution in [0.1, 0.15) is 33.1 Å². The number of anilines is 1. The van der Waals surface area contributed by atoms with Crippen molar-refractivity contribution in [3.05, 3.63) is 51.5 Å². The van der Waals surface area contributed by atoms with Crippen molar-refractivity contribution < 1.29 is 9.53 Å². The maximum absolute atomic E-state index is 12.8. The number of carbonyl (C=O) groups excluding carboxylic acids is 1. The first-order valence-electron chi connectivity index (χ1n) is 11.4. The highest BCUT2D eigenvalue weighted by Crippen LogP contribution is 2.52. The van der Waals surface area contributed by atoms with Crippen molar-refractivity contribution in [1.29, 1.82) is 0 Å². The number of hydrogen-bond donors (Lipinski definition) is 0. The predicted octanol–water partition coefficient (Wildman–Crippen LogP) is 5.35. The molecule has 1 aromatic carbocycles. The zero-order valence-electron chi connectivity index (χ0n) is 18.2. The van der Waals surface area contributed by atoms with Gasteiger partial charge in [-0.1, -0.05) is 47.9 Å². The minimum Gasteiger partial charge on any atom is -0.461 e. The van der Waals surface area contributed by atoms with E-state index in [0.717, 1.165) is 57.7 Å². The fourth-order valence-electron chi connectivity index (χ4n) is 5.99. The third-order valence-corrected chi connectivity index (χ3v) is 8.53. The Balaban J connectivity index is 1.26. The van der Waals surface area contributed by atoms with E-state index in [0.29, 0.717) is 10.0 Å². The van der Waals surface area contributed by atoms with Gasteiger partial charge in [-0.2, -0.15) is 0 Å². The molecule has 0 saturated carbocycles. The number of hydrogen-bond acceptors (Lipinski definition) is 4. The second-order valence-electron chi connectivity index (χ2n) is 9.82. The van der Waals surface area contributed by atoms with Gasteiger partial charge in [0.05, 0.1) is 16.0 Å². The summed E-state index contributed by atoms with van der Waals surface area (Å²) in [5.74, 6) is 0.126. The number of ether oxygens (including phenoxy) is 1. The number of rotatable bonds is 3. The van der Waals surface area contributed by atoms with E-state index >= 15 is 0 Å². The maximum Gasteiger partial charge on any atom is 0.311 e. The summed E-state index contributed by atoms with van der Waals surface area (Å²) < 4.78 is 5.92. The summed E-state index contributed by atoms with van der Waals surface area (Å²) in [7, 11) is 0. The average Bonchev–Trinajstić information content (AvgIpc) is 3.03. The Labute approximate surface area is 194 Å². The lowest BCUT2D eigenvalue weighted by Gasteiger charge is -2.43. The van der Waals surface area contributed by atoms with Crippen LogP contribution in [0.3, 0.4) is 0 Å². The molecule has 0 bridgehead atoms. The Morgan fingerprint density at radius 3 is 2.68 bits per heavy atom. The van der Waals surface area contributed by atoms with E-state index in [-0.39, 0.29) is 29.3 Å². The van der Waals surface area contributed by atoms with Gasteiger partial charge in [0.2, 0.25) is 0 Å². The summed E-state index contributed by atoms with van der Waals surface area (Å²) in [6.07, 6.45) is 8.01. The molecular formula is C25H30Cl2N2O2. The number of allylic oxidation sites excluding steroid dienone is 3. The summed E-state index contributed by atoms with van der Waals surface area (Å²) in [5.41, 5.74) is 4.10. The van der Waals surface area contributed by atoms with Gasteiger partial charge in [-0.05, 0) is 55.4 Å². The number of piperazine rings is 1. The van der Waals surface area contributed by atoms with Crippen LogP contribution in [0, 0.1) is 17.3 Å². The van der Waals surface area contributed by atoms with E-state index < -0.39 is 0 Å². The molecule has 2 fully saturated rings. The number of nitrogens with zero attached hydrogens (tertiary/aromatic N) is 2. The van der Waals surface area contributed by atoms with Gasteiger partial charge in [0.25, 0.3) is 0 Å². The molecular weight excluding hydrogens is 431 g/mol. The molecule has 0 aromatic heterocycles. The molecule has 1 aromatic rings. The van der Waals surface area contributed by atoms with E-state index in [1.165, 1.54) is 11.1 Å². The fourth-order valence-corrected chi connectivity index (χ4v) is 6.28. The molecule has 0 radical (unpaired) electrons. The highest BCUT2D eigenvalue weighted by molar-refractivity contribution is 6.42. The van der Waals surface area contributed by atoms with Gasteiger partial charge in [-0.25, -0.2) is 0 Å². The first-order chi connectivity index (χ1) is 14.8. The molecule has 31 heavy (non-hydrogen) atoms. The van der Waals surface area contributed by atoms with Crippen LogP contribution < -0.4 is 4.90 Å². The molecule has 4 nitrogen and oxygen atoms in total. The summed E-state index contributed by atoms with van der Waals surface area (Å²) in [6.45, 7) is 9.01. The molecule has 0 N–H and O–H groups in total. The van der Waals surface area contributed by atoms with Crippen LogP contribution in [0.5, 0.6) is 0 Å². The van der Waals surface area contributed by atoms with Crippen molar-refractivity contribution in [3.8, 4) is 0 Å². The number of benzene rings is 1. The SMILES string of the molecule is CC1=CCCC2(C)CC3OC(=O)C(CN4CCN(c5ccc(Cl)c(Cl)c5)CC4)C3C=C12. The minimum absolute atomic E-state index is 0.0114. The molecule has 0 spiro atoms. The van der Waals surface area contributed by atoms with Gasteiger partial charge in [-0.15, -0.1) is 0 Å². The summed E-state index contributed by atoms with van der Waals surface area (Å²) >= 11 is 12.3. The molecule has 2 saturated heterocycles. The lowest BCUT2D eigenvalue weighted by Crippen LogP contribution is -2.49. The number of esters is 1. The van der Waals surface area contributed by atoms with Crippen LogP contribution in [0.4, 0.5) is 5.69 Å². The van der Waals surface area contributed by atoms with Crippen LogP contribution in [0.2, 0.25) is 10.0 Å². The van der Waals surface area contributed by atoms with Gasteiger partial charge in [0.15, 0.2) is 0 Å². The van der Waals surface area contributed by atoms with E-state index in [9.17, 15) is 4.79 Å². The molecule has 5 rings (SSSR count). The number of carbonyl (C=O) groups is 1. The van der Waals surface area contributed by atoms with E-state index in [1.54, 1.807) is 0 Å². The lowest BCUT2D eigenvalue weighted by molar-refractivity contribution is -0.145. The molecule has 2 aliphatic carbocycles. The lowest BCUT2D eigenvalue weighted by atomic mass is 9.62. The highest BCUT2D eigenvalue weighted by atomic mass is 35.5. The zero-order valence-corrected chi connectivity index (χ0v) is 19.8. The quantitative estimate of drug-likeness (QED) is 0.569. The first-order valence-corrected chi connectivity index (χ1v) is 12.1. The molecule has 166 valence electrons. The van der Waals surface area contributed by atoms with Crippen molar-refractivity contribution in [2.45, 2.75) is 39.2 Å². The Bertz CT molecular complexity index is 951. The molecule has 6 heteroatoms. The first kappa shape index (κ1) is 21.4. The van der Waals surface area contributed by atoms with Crippen LogP contribution in [-0.4, -0.2) is 49.7 Å². The molecule has 4 unspecified atom stereocenters. The molecule has 4 atom stereocenters. The molecule has 0 amide bonds. The summed E-state index contributed by atoms with van der Waals surface area (Å²) in [4.78, 5) is 17.6. The molecule has 4 aliphatic rings. The van der Waals surface area contributed by atoms with Gasteiger partial charge >= 0.3 is 5.97 Å². The Kier molecular flexibility index (Phi) is 5.60. The third kappa shape index (κ3) is 3.92. The average molecular weight is 461 g/mol. The second-order valence-corrected chi connectivity index (χ2v) is 10.6. The topological polar surface area (TPSA) is 32.8 Å². The Morgan fingerprint density at radius 1 is 1.16 bits per heavy atom. The summed E-state index contributed by atoms with van der Waals surface area (Å²) in [5, 5.41) is 1.17. The standard InChI is InChI=1S/C25H30Cl2N2O2/c1-16-4-3-7-25(2)14-23-18(13-20(16)25)19(24(30)31-23)15-28-8-10-29(11-9-28)17-5-6-21(26)22(27)12-17/h4-6,12-13,18-19,23H,3,7-11,14-15H2,1-2H3. The Hall–Kier alpha value is -1.49. The van der Waals surface area contributed by atoms with Gasteiger partial charge in [0.1, 0.15) is 6.10 Å². The van der Waals surface area contributed by atoms with E-state index in [1.807, 2.05) is 18.2 Å². The van der Waals surface area contributed by atoms with Crippen molar-refractivity contribution in [1.82, 2.24) is 4.90 Å². The van der Waals surface area contributed by atoms with Crippen LogP contribution in [0.15, 0.2) is 41.5 Å². The van der Waals surface area contributed by atoms with Crippen LogP contribution in [0.25, 0.3) is 0 Å². The number of halogens is 2. The minimum atomic E-state index is -0.0618. The number of fused-ring (bicyclic) bond motifs is 2. The van der Waals surface area contributed by atoms with Gasteiger partial charge in [-0.3, -0.25) is 9.69 Å². The van der Waals surface area contributed by atoms with E-state index in [2.05, 4.69) is 35.8 Å². The van der Waals surface area contributed by atoms with E-state index in [4.69, 9.17) is 27.9 Å². The monoisotopic (exact) mass is 460 g/mol. The van der Waals surface area contributed by atoms with Crippen LogP contribution in [-0.2, 0) is 9.53 Å². The second kappa shape index (κ2) is 8.13. The van der Waals surface area contributed by atoms with Crippen molar-refractivity contribution in [2.24, 2.45) is 17.3 Å². The van der Waals surface area contributed by atoms with Crippen LogP contribution >= 0.6 is 23.2 Å².